The van der Waals surface area contributed by atoms with E-state index in [1.165, 1.54) is 50.6 Å². The average Bonchev–Trinajstić information content (AvgIpc) is 2.77. The lowest BCUT2D eigenvalue weighted by Gasteiger charge is -2.49. The lowest BCUT2D eigenvalue weighted by molar-refractivity contribution is 0.0935. The van der Waals surface area contributed by atoms with Crippen LogP contribution in [0.4, 0.5) is 0 Å². The molecule has 6 aliphatic rings. The van der Waals surface area contributed by atoms with Crippen LogP contribution >= 0.6 is 0 Å². The molecule has 2 fully saturated rings. The molecular formula is C30H36BN2-. The van der Waals surface area contributed by atoms with Crippen LogP contribution in [0.15, 0.2) is 76.5 Å². The molecule has 0 bridgehead atoms. The van der Waals surface area contributed by atoms with Gasteiger partial charge in [0.2, 0.25) is 0 Å². The van der Waals surface area contributed by atoms with E-state index in [-0.39, 0.29) is 0 Å². The monoisotopic (exact) mass is 435 g/mol. The molecule has 0 aromatic heterocycles. The third-order valence-electron chi connectivity index (χ3n) is 9.45. The molecule has 0 aromatic rings. The molecule has 4 aliphatic carbocycles. The van der Waals surface area contributed by atoms with E-state index in [4.69, 9.17) is 7.85 Å². The van der Waals surface area contributed by atoms with Crippen molar-refractivity contribution in [2.24, 2.45) is 46.4 Å². The molecule has 0 N–H and O–H groups in total. The number of rotatable bonds is 5. The van der Waals surface area contributed by atoms with Gasteiger partial charge in [0, 0.05) is 17.8 Å². The van der Waals surface area contributed by atoms with Gasteiger partial charge in [-0.15, -0.1) is 11.5 Å². The smallest absolute Gasteiger partial charge is 0.107 e. The van der Waals surface area contributed by atoms with Crippen LogP contribution in [-0.2, 0) is 0 Å². The molecule has 2 aliphatic heterocycles. The molecule has 0 spiro atoms. The molecule has 0 saturated heterocycles. The molecule has 0 amide bonds. The first-order chi connectivity index (χ1) is 16.2. The van der Waals surface area contributed by atoms with Gasteiger partial charge in [0.1, 0.15) is 7.85 Å². The van der Waals surface area contributed by atoms with E-state index >= 15 is 0 Å². The van der Waals surface area contributed by atoms with Crippen molar-refractivity contribution < 1.29 is 0 Å². The van der Waals surface area contributed by atoms with Crippen molar-refractivity contribution in [3.05, 3.63) is 76.9 Å². The van der Waals surface area contributed by atoms with Gasteiger partial charge in [0.05, 0.1) is 0 Å². The van der Waals surface area contributed by atoms with Crippen LogP contribution in [0.1, 0.15) is 57.8 Å². The maximum atomic E-state index is 6.29. The summed E-state index contributed by atoms with van der Waals surface area (Å²) in [5.41, 5.74) is 4.00. The highest BCUT2D eigenvalue weighted by Crippen LogP contribution is 2.51. The summed E-state index contributed by atoms with van der Waals surface area (Å²) in [6, 6.07) is 0.512. The van der Waals surface area contributed by atoms with Gasteiger partial charge in [-0.1, -0.05) is 73.3 Å². The molecule has 6 rings (SSSR count). The summed E-state index contributed by atoms with van der Waals surface area (Å²) >= 11 is 0. The second-order valence-electron chi connectivity index (χ2n) is 11.4. The summed E-state index contributed by atoms with van der Waals surface area (Å²) < 4.78 is 0. The fourth-order valence-corrected chi connectivity index (χ4v) is 7.56. The molecule has 8 unspecified atom stereocenters. The van der Waals surface area contributed by atoms with Gasteiger partial charge in [-0.3, -0.25) is 4.99 Å². The second-order valence-corrected chi connectivity index (χ2v) is 11.4. The molecule has 8 atom stereocenters. The van der Waals surface area contributed by atoms with Crippen molar-refractivity contribution in [2.45, 2.75) is 63.8 Å². The number of aliphatic imine (C=N–C) groups is 1. The Morgan fingerprint density at radius 2 is 1.61 bits per heavy atom. The van der Waals surface area contributed by atoms with Crippen LogP contribution in [0.5, 0.6) is 0 Å². The van der Waals surface area contributed by atoms with Gasteiger partial charge in [-0.05, 0) is 74.2 Å². The van der Waals surface area contributed by atoms with Crippen LogP contribution in [0, 0.1) is 41.4 Å². The number of hydrogen-bond acceptors (Lipinski definition) is 1. The quantitative estimate of drug-likeness (QED) is 0.409. The lowest BCUT2D eigenvalue weighted by Crippen LogP contribution is -2.36. The average molecular weight is 435 g/mol. The Morgan fingerprint density at radius 1 is 0.818 bits per heavy atom. The fourth-order valence-electron chi connectivity index (χ4n) is 7.56. The molecule has 0 aromatic carbocycles. The highest BCUT2D eigenvalue weighted by atomic mass is 14.9. The van der Waals surface area contributed by atoms with Crippen molar-refractivity contribution >= 4 is 14.1 Å². The molecule has 33 heavy (non-hydrogen) atoms. The number of nitrogens with zero attached hydrogens (tertiary/aromatic N) is 2. The van der Waals surface area contributed by atoms with E-state index in [2.05, 4.69) is 58.9 Å². The third-order valence-corrected chi connectivity index (χ3v) is 9.45. The van der Waals surface area contributed by atoms with Crippen LogP contribution in [0.2, 0.25) is 0 Å². The van der Waals surface area contributed by atoms with E-state index in [1.54, 1.807) is 5.57 Å². The topological polar surface area (TPSA) is 26.5 Å². The van der Waals surface area contributed by atoms with Crippen LogP contribution in [-0.4, -0.2) is 20.1 Å². The van der Waals surface area contributed by atoms with Crippen molar-refractivity contribution in [3.8, 4) is 0 Å². The predicted octanol–water partition coefficient (Wildman–Crippen LogP) is 7.19. The Balaban J connectivity index is 1.20. The first-order valence-electron chi connectivity index (χ1n) is 13.3. The van der Waals surface area contributed by atoms with E-state index < -0.39 is 0 Å². The Bertz CT molecular complexity index is 964. The third kappa shape index (κ3) is 4.53. The Labute approximate surface area is 201 Å². The zero-order chi connectivity index (χ0) is 22.2. The Morgan fingerprint density at radius 3 is 2.36 bits per heavy atom. The van der Waals surface area contributed by atoms with Crippen LogP contribution in [0.3, 0.4) is 0 Å². The van der Waals surface area contributed by atoms with Crippen molar-refractivity contribution in [1.82, 2.24) is 0 Å². The summed E-state index contributed by atoms with van der Waals surface area (Å²) in [6.45, 7) is 0. The summed E-state index contributed by atoms with van der Waals surface area (Å²) in [6.07, 6.45) is 34.2. The van der Waals surface area contributed by atoms with Gasteiger partial charge < -0.3 is 5.32 Å². The molecule has 2 saturated carbocycles. The molecular weight excluding hydrogens is 399 g/mol. The zero-order valence-corrected chi connectivity index (χ0v) is 19.7. The molecule has 2 heterocycles. The summed E-state index contributed by atoms with van der Waals surface area (Å²) in [5.74, 6) is 5.04. The first-order valence-corrected chi connectivity index (χ1v) is 13.3. The van der Waals surface area contributed by atoms with Crippen molar-refractivity contribution in [3.63, 3.8) is 0 Å². The van der Waals surface area contributed by atoms with Gasteiger partial charge >= 0.3 is 0 Å². The first kappa shape index (κ1) is 21.5. The SMILES string of the molecule is [B]C1=CC=CC(C2CC(C3=CC=CC(C4=CC=N4)C3)CC(C3CCCC(C4C=C[N-]4)C3)C2)C1. The molecule has 2 nitrogen and oxygen atoms in total. The summed E-state index contributed by atoms with van der Waals surface area (Å²) in [7, 11) is 6.29. The fraction of sp³-hybridized carbons (Fsp3) is 0.567. The van der Waals surface area contributed by atoms with Gasteiger partial charge in [0.25, 0.3) is 0 Å². The van der Waals surface area contributed by atoms with Gasteiger partial charge in [-0.25, -0.2) is 0 Å². The predicted molar refractivity (Wildman–Crippen MR) is 139 cm³/mol. The minimum absolute atomic E-state index is 0.480. The van der Waals surface area contributed by atoms with Crippen LogP contribution in [0.25, 0.3) is 5.32 Å². The molecule has 2 radical (unpaired) electrons. The highest BCUT2D eigenvalue weighted by molar-refractivity contribution is 6.21. The number of hydrogen-bond donors (Lipinski definition) is 0. The Kier molecular flexibility index (Phi) is 6.07. The van der Waals surface area contributed by atoms with Gasteiger partial charge in [0.15, 0.2) is 0 Å². The number of allylic oxidation sites excluding steroid dienone is 9. The standard InChI is InChI=1S/C30H36BN2/c31-28-9-3-6-22(19-28)27-17-25(20-4-1-7-23(14-20)29-10-12-32-29)16-26(18-27)21-5-2-8-24(15-21)30-11-13-33-30/h1,3-4,6-7,9-13,21-27,30H,2,5,8,14-19H2/q-1. The maximum Gasteiger partial charge on any atom is 0.107 e. The normalized spacial score (nSPS) is 41.9. The van der Waals surface area contributed by atoms with E-state index in [0.717, 1.165) is 42.0 Å². The second kappa shape index (κ2) is 9.32. The summed E-state index contributed by atoms with van der Waals surface area (Å²) in [5, 5.41) is 4.65. The molecule has 3 heteroatoms. The van der Waals surface area contributed by atoms with E-state index in [9.17, 15) is 0 Å². The van der Waals surface area contributed by atoms with E-state index in [0.29, 0.717) is 23.8 Å². The summed E-state index contributed by atoms with van der Waals surface area (Å²) in [4.78, 5) is 4.51. The van der Waals surface area contributed by atoms with Crippen molar-refractivity contribution in [2.75, 3.05) is 0 Å². The zero-order valence-electron chi connectivity index (χ0n) is 19.7. The minimum Gasteiger partial charge on any atom is -0.685 e. The van der Waals surface area contributed by atoms with E-state index in [1.807, 2.05) is 12.4 Å². The van der Waals surface area contributed by atoms with Gasteiger partial charge in [-0.2, -0.15) is 6.20 Å². The minimum atomic E-state index is 0.480. The molecule has 170 valence electrons. The lowest BCUT2D eigenvalue weighted by atomic mass is 9.60. The van der Waals surface area contributed by atoms with Crippen LogP contribution < -0.4 is 0 Å². The Hall–Kier alpha value is -2.03. The maximum absolute atomic E-state index is 6.29. The highest BCUT2D eigenvalue weighted by Gasteiger charge is 2.39. The van der Waals surface area contributed by atoms with Crippen molar-refractivity contribution in [1.29, 1.82) is 0 Å². The largest absolute Gasteiger partial charge is 0.685 e.